The second-order valence-electron chi connectivity index (χ2n) is 14.2. The number of aromatic nitrogens is 2. The standard InChI is InChI=1S/C22H20ClN3O2.C21H19ClN2O/c1-22(9-8-20(27)26-22)13-25-21(28)15-2-3-16-11-24-12-19(18(16)10-15)14-4-6-17(23)7-5-14;1-24(13-14-2-3-14)21(25)16-4-5-17-11-23-12-20(19(17)10-16)15-6-8-18(22)9-7-15/h2-7,10-12H,8-9,13H2,1H3,(H,25,28)(H,26,27);4-12,14H,2-3,13H2,1H3. The molecule has 4 aromatic carbocycles. The predicted molar refractivity (Wildman–Crippen MR) is 212 cm³/mol. The zero-order valence-corrected chi connectivity index (χ0v) is 31.0. The smallest absolute Gasteiger partial charge is 0.253 e. The van der Waals surface area contributed by atoms with E-state index in [0.717, 1.165) is 62.3 Å². The molecule has 2 aliphatic rings. The highest BCUT2D eigenvalue weighted by Crippen LogP contribution is 2.32. The van der Waals surface area contributed by atoms with Crippen LogP contribution in [-0.4, -0.2) is 58.3 Å². The second-order valence-corrected chi connectivity index (χ2v) is 15.1. The highest BCUT2D eigenvalue weighted by atomic mass is 35.5. The predicted octanol–water partition coefficient (Wildman–Crippen LogP) is 8.99. The number of benzene rings is 4. The Bertz CT molecular complexity index is 2330. The minimum absolute atomic E-state index is 0.0301. The summed E-state index contributed by atoms with van der Waals surface area (Å²) in [5, 5.41) is 11.2. The lowest BCUT2D eigenvalue weighted by molar-refractivity contribution is -0.119. The van der Waals surface area contributed by atoms with Crippen LogP contribution in [0.1, 0.15) is 53.3 Å². The van der Waals surface area contributed by atoms with E-state index >= 15 is 0 Å². The summed E-state index contributed by atoms with van der Waals surface area (Å²) in [5.41, 5.74) is 4.88. The van der Waals surface area contributed by atoms with Gasteiger partial charge in [0.05, 0.1) is 5.54 Å². The first-order valence-corrected chi connectivity index (χ1v) is 18.4. The van der Waals surface area contributed by atoms with Crippen LogP contribution in [0.4, 0.5) is 0 Å². The molecule has 53 heavy (non-hydrogen) atoms. The van der Waals surface area contributed by atoms with Crippen molar-refractivity contribution in [2.45, 2.75) is 38.1 Å². The van der Waals surface area contributed by atoms with E-state index in [1.54, 1.807) is 18.5 Å². The van der Waals surface area contributed by atoms with Crippen molar-refractivity contribution in [3.05, 3.63) is 131 Å². The van der Waals surface area contributed by atoms with Gasteiger partial charge in [-0.25, -0.2) is 0 Å². The minimum atomic E-state index is -0.387. The quantitative estimate of drug-likeness (QED) is 0.162. The van der Waals surface area contributed by atoms with Crippen LogP contribution in [-0.2, 0) is 4.79 Å². The summed E-state index contributed by atoms with van der Waals surface area (Å²) in [7, 11) is 1.89. The fraction of sp³-hybridized carbons (Fsp3) is 0.233. The number of pyridine rings is 2. The van der Waals surface area contributed by atoms with E-state index in [9.17, 15) is 14.4 Å². The molecule has 1 unspecified atom stereocenters. The molecule has 0 bridgehead atoms. The third-order valence-electron chi connectivity index (χ3n) is 9.90. The molecule has 1 atom stereocenters. The molecule has 1 saturated carbocycles. The number of hydrogen-bond acceptors (Lipinski definition) is 5. The Hall–Kier alpha value is -5.31. The third kappa shape index (κ3) is 8.51. The molecule has 10 heteroatoms. The molecule has 8 nitrogen and oxygen atoms in total. The minimum Gasteiger partial charge on any atom is -0.350 e. The van der Waals surface area contributed by atoms with Gasteiger partial charge in [0, 0.05) is 94.4 Å². The van der Waals surface area contributed by atoms with Crippen LogP contribution in [0.15, 0.2) is 110 Å². The van der Waals surface area contributed by atoms with Crippen molar-refractivity contribution < 1.29 is 14.4 Å². The number of carbonyl (C=O) groups is 3. The summed E-state index contributed by atoms with van der Waals surface area (Å²) in [5.74, 6) is 0.626. The summed E-state index contributed by atoms with van der Waals surface area (Å²) < 4.78 is 0. The lowest BCUT2D eigenvalue weighted by atomic mass is 9.98. The fourth-order valence-electron chi connectivity index (χ4n) is 6.67. The Labute approximate surface area is 318 Å². The fourth-order valence-corrected chi connectivity index (χ4v) is 6.92. The van der Waals surface area contributed by atoms with Crippen LogP contribution in [0.5, 0.6) is 0 Å². The highest BCUT2D eigenvalue weighted by molar-refractivity contribution is 6.31. The zero-order valence-electron chi connectivity index (χ0n) is 29.5. The van der Waals surface area contributed by atoms with Crippen molar-refractivity contribution in [2.75, 3.05) is 20.1 Å². The van der Waals surface area contributed by atoms with Crippen LogP contribution < -0.4 is 10.6 Å². The molecule has 1 aliphatic heterocycles. The SMILES string of the molecule is CC1(CNC(=O)c2ccc3cncc(-c4ccc(Cl)cc4)c3c2)CCC(=O)N1.CN(CC1CC1)C(=O)c1ccc2cncc(-c3ccc(Cl)cc3)c2c1. The molecular formula is C43H39Cl2N5O3. The van der Waals surface area contributed by atoms with E-state index in [0.29, 0.717) is 34.5 Å². The van der Waals surface area contributed by atoms with Crippen molar-refractivity contribution in [2.24, 2.45) is 5.92 Å². The van der Waals surface area contributed by atoms with Crippen LogP contribution in [0.25, 0.3) is 43.8 Å². The lowest BCUT2D eigenvalue weighted by Crippen LogP contribution is -2.48. The maximum absolute atomic E-state index is 12.7. The number of hydrogen-bond donors (Lipinski definition) is 2. The van der Waals surface area contributed by atoms with Crippen LogP contribution >= 0.6 is 23.2 Å². The summed E-state index contributed by atoms with van der Waals surface area (Å²) in [4.78, 5) is 47.4. The van der Waals surface area contributed by atoms with Gasteiger partial charge in [-0.2, -0.15) is 0 Å². The van der Waals surface area contributed by atoms with Gasteiger partial charge in [-0.05, 0) is 103 Å². The molecule has 8 rings (SSSR count). The molecule has 3 heterocycles. The first-order valence-electron chi connectivity index (χ1n) is 17.7. The Balaban J connectivity index is 0.000000165. The first kappa shape index (κ1) is 36.1. The van der Waals surface area contributed by atoms with Gasteiger partial charge in [-0.1, -0.05) is 59.6 Å². The number of carbonyl (C=O) groups excluding carboxylic acids is 3. The van der Waals surface area contributed by atoms with E-state index in [1.807, 2.05) is 110 Å². The number of nitrogens with zero attached hydrogens (tertiary/aromatic N) is 3. The van der Waals surface area contributed by atoms with Crippen molar-refractivity contribution in [1.82, 2.24) is 25.5 Å². The summed E-state index contributed by atoms with van der Waals surface area (Å²) in [6.07, 6.45) is 10.9. The molecule has 0 radical (unpaired) electrons. The molecule has 6 aromatic rings. The molecule has 1 aliphatic carbocycles. The van der Waals surface area contributed by atoms with Gasteiger partial charge >= 0.3 is 0 Å². The summed E-state index contributed by atoms with van der Waals surface area (Å²) in [6.45, 7) is 3.19. The van der Waals surface area contributed by atoms with Gasteiger partial charge in [0.25, 0.3) is 11.8 Å². The van der Waals surface area contributed by atoms with Gasteiger partial charge in [0.1, 0.15) is 0 Å². The van der Waals surface area contributed by atoms with Crippen LogP contribution in [0.3, 0.4) is 0 Å². The maximum Gasteiger partial charge on any atom is 0.253 e. The van der Waals surface area contributed by atoms with Crippen molar-refractivity contribution >= 4 is 62.5 Å². The summed E-state index contributed by atoms with van der Waals surface area (Å²) >= 11 is 12.0. The van der Waals surface area contributed by atoms with E-state index < -0.39 is 0 Å². The van der Waals surface area contributed by atoms with E-state index in [-0.39, 0.29) is 23.3 Å². The topological polar surface area (TPSA) is 104 Å². The molecule has 2 aromatic heterocycles. The Morgan fingerprint density at radius 2 is 1.32 bits per heavy atom. The highest BCUT2D eigenvalue weighted by Gasteiger charge is 2.33. The average Bonchev–Trinajstić information content (AvgIpc) is 3.93. The molecular weight excluding hydrogens is 705 g/mol. The van der Waals surface area contributed by atoms with Gasteiger partial charge < -0.3 is 15.5 Å². The number of rotatable bonds is 8. The van der Waals surface area contributed by atoms with Gasteiger partial charge in [0.15, 0.2) is 0 Å². The normalized spacial score (nSPS) is 16.5. The largest absolute Gasteiger partial charge is 0.350 e. The third-order valence-corrected chi connectivity index (χ3v) is 10.4. The van der Waals surface area contributed by atoms with Gasteiger partial charge in [0.2, 0.25) is 5.91 Å². The second kappa shape index (κ2) is 15.3. The number of halogens is 2. The van der Waals surface area contributed by atoms with Crippen molar-refractivity contribution in [1.29, 1.82) is 0 Å². The molecule has 268 valence electrons. The number of nitrogens with one attached hydrogen (secondary N) is 2. The van der Waals surface area contributed by atoms with Gasteiger partial charge in [-0.3, -0.25) is 24.4 Å². The van der Waals surface area contributed by atoms with Gasteiger partial charge in [-0.15, -0.1) is 0 Å². The van der Waals surface area contributed by atoms with E-state index in [4.69, 9.17) is 23.2 Å². The van der Waals surface area contributed by atoms with E-state index in [1.165, 1.54) is 12.8 Å². The number of amides is 3. The Morgan fingerprint density at radius 3 is 1.83 bits per heavy atom. The summed E-state index contributed by atoms with van der Waals surface area (Å²) in [6, 6.07) is 26.7. The van der Waals surface area contributed by atoms with Crippen LogP contribution in [0, 0.1) is 5.92 Å². The molecule has 2 fully saturated rings. The lowest BCUT2D eigenvalue weighted by Gasteiger charge is -2.24. The molecule has 3 amide bonds. The van der Waals surface area contributed by atoms with Crippen molar-refractivity contribution in [3.63, 3.8) is 0 Å². The molecule has 2 N–H and O–H groups in total. The van der Waals surface area contributed by atoms with E-state index in [2.05, 4.69) is 20.6 Å². The Morgan fingerprint density at radius 1 is 0.792 bits per heavy atom. The monoisotopic (exact) mass is 743 g/mol. The zero-order chi connectivity index (χ0) is 37.1. The molecule has 1 saturated heterocycles. The number of fused-ring (bicyclic) bond motifs is 2. The Kier molecular flexibility index (Phi) is 10.4. The maximum atomic E-state index is 12.7. The first-order chi connectivity index (χ1) is 25.5. The average molecular weight is 745 g/mol. The van der Waals surface area contributed by atoms with Crippen molar-refractivity contribution in [3.8, 4) is 22.3 Å². The molecule has 0 spiro atoms. The van der Waals surface area contributed by atoms with Crippen LogP contribution in [0.2, 0.25) is 10.0 Å².